The van der Waals surface area contributed by atoms with Crippen LogP contribution in [0.4, 0.5) is 0 Å². The van der Waals surface area contributed by atoms with Crippen molar-refractivity contribution in [3.05, 3.63) is 35.4 Å². The number of aldehydes is 1. The van der Waals surface area contributed by atoms with Gasteiger partial charge in [0.05, 0.1) is 6.10 Å². The molecule has 0 spiro atoms. The van der Waals surface area contributed by atoms with Gasteiger partial charge in [-0.3, -0.25) is 4.79 Å². The molecule has 1 aromatic carbocycles. The van der Waals surface area contributed by atoms with Crippen molar-refractivity contribution in [1.82, 2.24) is 0 Å². The van der Waals surface area contributed by atoms with Crippen molar-refractivity contribution < 1.29 is 9.53 Å². The number of carbonyl (C=O) groups is 1. The number of methoxy groups -OCH3 is 1. The van der Waals surface area contributed by atoms with Crippen LogP contribution in [0.5, 0.6) is 0 Å². The Labute approximate surface area is 72.2 Å². The van der Waals surface area contributed by atoms with E-state index in [0.29, 0.717) is 5.56 Å². The molecule has 0 heterocycles. The average molecular weight is 164 g/mol. The summed E-state index contributed by atoms with van der Waals surface area (Å²) in [5.41, 5.74) is 1.78. The molecule has 0 saturated heterocycles. The number of carbonyl (C=O) groups excluding carboxylic acids is 1. The van der Waals surface area contributed by atoms with Crippen LogP contribution in [0.3, 0.4) is 0 Å². The molecule has 0 amide bonds. The third-order valence-electron chi connectivity index (χ3n) is 1.90. The Bertz CT molecular complexity index is 251. The monoisotopic (exact) mass is 164 g/mol. The van der Waals surface area contributed by atoms with Crippen LogP contribution in [0.2, 0.25) is 0 Å². The second kappa shape index (κ2) is 4.02. The fourth-order valence-electron chi connectivity index (χ4n) is 0.982. The van der Waals surface area contributed by atoms with Crippen molar-refractivity contribution in [2.75, 3.05) is 7.11 Å². The Morgan fingerprint density at radius 1 is 1.33 bits per heavy atom. The predicted molar refractivity (Wildman–Crippen MR) is 47.3 cm³/mol. The van der Waals surface area contributed by atoms with E-state index in [1.54, 1.807) is 19.2 Å². The van der Waals surface area contributed by atoms with Crippen molar-refractivity contribution in [2.24, 2.45) is 0 Å². The zero-order valence-corrected chi connectivity index (χ0v) is 7.28. The van der Waals surface area contributed by atoms with Gasteiger partial charge in [-0.05, 0) is 12.5 Å². The molecule has 1 aromatic rings. The summed E-state index contributed by atoms with van der Waals surface area (Å²) in [4.78, 5) is 10.3. The van der Waals surface area contributed by atoms with E-state index in [-0.39, 0.29) is 6.10 Å². The molecule has 2 nitrogen and oxygen atoms in total. The molecular formula is C10H12O2. The minimum atomic E-state index is 0.0886. The Morgan fingerprint density at radius 3 is 2.33 bits per heavy atom. The maximum Gasteiger partial charge on any atom is 0.150 e. The SMILES string of the molecule is CO[C@H](C)c1ccc(C=O)cc1. The van der Waals surface area contributed by atoms with Crippen LogP contribution in [0.15, 0.2) is 24.3 Å². The molecule has 12 heavy (non-hydrogen) atoms. The summed E-state index contributed by atoms with van der Waals surface area (Å²) in [7, 11) is 1.66. The maximum atomic E-state index is 10.3. The van der Waals surface area contributed by atoms with Gasteiger partial charge in [-0.25, -0.2) is 0 Å². The van der Waals surface area contributed by atoms with E-state index in [2.05, 4.69) is 0 Å². The normalized spacial score (nSPS) is 12.5. The number of rotatable bonds is 3. The second-order valence-electron chi connectivity index (χ2n) is 2.66. The summed E-state index contributed by atoms with van der Waals surface area (Å²) < 4.78 is 5.12. The highest BCUT2D eigenvalue weighted by Gasteiger charge is 2.01. The second-order valence-corrected chi connectivity index (χ2v) is 2.66. The van der Waals surface area contributed by atoms with Crippen LogP contribution >= 0.6 is 0 Å². The van der Waals surface area contributed by atoms with E-state index in [0.717, 1.165) is 11.8 Å². The van der Waals surface area contributed by atoms with Gasteiger partial charge < -0.3 is 4.74 Å². The number of benzene rings is 1. The molecule has 1 rings (SSSR count). The van der Waals surface area contributed by atoms with Crippen molar-refractivity contribution in [2.45, 2.75) is 13.0 Å². The Morgan fingerprint density at radius 2 is 1.92 bits per heavy atom. The van der Waals surface area contributed by atoms with Gasteiger partial charge in [0.15, 0.2) is 0 Å². The molecule has 0 aromatic heterocycles. The van der Waals surface area contributed by atoms with Crippen LogP contribution in [-0.4, -0.2) is 13.4 Å². The molecular weight excluding hydrogens is 152 g/mol. The summed E-state index contributed by atoms with van der Waals surface area (Å²) in [5, 5.41) is 0. The molecule has 0 saturated carbocycles. The zero-order valence-electron chi connectivity index (χ0n) is 7.28. The zero-order chi connectivity index (χ0) is 8.97. The standard InChI is InChI=1S/C10H12O2/c1-8(12-2)10-5-3-9(7-11)4-6-10/h3-8H,1-2H3/t8-/m1/s1. The molecule has 0 fully saturated rings. The highest BCUT2D eigenvalue weighted by atomic mass is 16.5. The topological polar surface area (TPSA) is 26.3 Å². The van der Waals surface area contributed by atoms with Crippen molar-refractivity contribution in [3.63, 3.8) is 0 Å². The highest BCUT2D eigenvalue weighted by Crippen LogP contribution is 2.15. The first-order valence-electron chi connectivity index (χ1n) is 3.86. The van der Waals surface area contributed by atoms with Crippen molar-refractivity contribution in [1.29, 1.82) is 0 Å². The minimum Gasteiger partial charge on any atom is -0.377 e. The first kappa shape index (κ1) is 8.94. The van der Waals surface area contributed by atoms with Gasteiger partial charge in [0.25, 0.3) is 0 Å². The predicted octanol–water partition coefficient (Wildman–Crippen LogP) is 2.21. The van der Waals surface area contributed by atoms with Crippen molar-refractivity contribution in [3.8, 4) is 0 Å². The lowest BCUT2D eigenvalue weighted by molar-refractivity contribution is 0.112. The van der Waals surface area contributed by atoms with E-state index in [4.69, 9.17) is 4.74 Å². The average Bonchev–Trinajstić information content (AvgIpc) is 2.17. The van der Waals surface area contributed by atoms with Gasteiger partial charge in [-0.1, -0.05) is 24.3 Å². The number of hydrogen-bond acceptors (Lipinski definition) is 2. The van der Waals surface area contributed by atoms with Gasteiger partial charge in [-0.2, -0.15) is 0 Å². The van der Waals surface area contributed by atoms with Gasteiger partial charge in [0, 0.05) is 12.7 Å². The van der Waals surface area contributed by atoms with E-state index >= 15 is 0 Å². The summed E-state index contributed by atoms with van der Waals surface area (Å²) in [5.74, 6) is 0. The van der Waals surface area contributed by atoms with Crippen molar-refractivity contribution >= 4 is 6.29 Å². The van der Waals surface area contributed by atoms with Gasteiger partial charge in [-0.15, -0.1) is 0 Å². The van der Waals surface area contributed by atoms with Gasteiger partial charge >= 0.3 is 0 Å². The Balaban J connectivity index is 2.84. The van der Waals surface area contributed by atoms with E-state index in [1.807, 2.05) is 19.1 Å². The van der Waals surface area contributed by atoms with Gasteiger partial charge in [0.2, 0.25) is 0 Å². The summed E-state index contributed by atoms with van der Waals surface area (Å²) in [6.45, 7) is 1.97. The molecule has 0 aliphatic carbocycles. The van der Waals surface area contributed by atoms with Gasteiger partial charge in [0.1, 0.15) is 6.29 Å². The van der Waals surface area contributed by atoms with Crippen LogP contribution < -0.4 is 0 Å². The largest absolute Gasteiger partial charge is 0.377 e. The lowest BCUT2D eigenvalue weighted by Gasteiger charge is -2.08. The smallest absolute Gasteiger partial charge is 0.150 e. The maximum absolute atomic E-state index is 10.3. The van der Waals surface area contributed by atoms with Crippen LogP contribution in [0.1, 0.15) is 28.9 Å². The molecule has 1 atom stereocenters. The summed E-state index contributed by atoms with van der Waals surface area (Å²) in [6, 6.07) is 7.38. The molecule has 0 aliphatic rings. The molecule has 0 radical (unpaired) electrons. The Hall–Kier alpha value is -1.15. The lowest BCUT2D eigenvalue weighted by atomic mass is 10.1. The van der Waals surface area contributed by atoms with E-state index in [9.17, 15) is 4.79 Å². The molecule has 0 N–H and O–H groups in total. The fourth-order valence-corrected chi connectivity index (χ4v) is 0.982. The van der Waals surface area contributed by atoms with Crippen LogP contribution in [-0.2, 0) is 4.74 Å². The first-order valence-corrected chi connectivity index (χ1v) is 3.86. The number of ether oxygens (including phenoxy) is 1. The van der Waals surface area contributed by atoms with E-state index in [1.165, 1.54) is 0 Å². The minimum absolute atomic E-state index is 0.0886. The summed E-state index contributed by atoms with van der Waals surface area (Å²) in [6.07, 6.45) is 0.923. The molecule has 0 aliphatic heterocycles. The molecule has 2 heteroatoms. The van der Waals surface area contributed by atoms with Crippen LogP contribution in [0, 0.1) is 0 Å². The van der Waals surface area contributed by atoms with E-state index < -0.39 is 0 Å². The fraction of sp³-hybridized carbons (Fsp3) is 0.300. The third-order valence-corrected chi connectivity index (χ3v) is 1.90. The Kier molecular flexibility index (Phi) is 3.00. The molecule has 0 unspecified atom stereocenters. The highest BCUT2D eigenvalue weighted by molar-refractivity contribution is 5.74. The van der Waals surface area contributed by atoms with Crippen LogP contribution in [0.25, 0.3) is 0 Å². The molecule has 64 valence electrons. The first-order chi connectivity index (χ1) is 5.77. The lowest BCUT2D eigenvalue weighted by Crippen LogP contribution is -1.95. The summed E-state index contributed by atoms with van der Waals surface area (Å²) >= 11 is 0. The number of hydrogen-bond donors (Lipinski definition) is 0. The quantitative estimate of drug-likeness (QED) is 0.640. The third kappa shape index (κ3) is 1.92. The molecule has 0 bridgehead atoms.